The van der Waals surface area contributed by atoms with Crippen LogP contribution in [0.1, 0.15) is 22.7 Å². The first-order valence-electron chi connectivity index (χ1n) is 6.52. The Bertz CT molecular complexity index is 593. The van der Waals surface area contributed by atoms with Crippen molar-refractivity contribution in [2.24, 2.45) is 0 Å². The highest BCUT2D eigenvalue weighted by Crippen LogP contribution is 2.35. The molecule has 0 aliphatic carbocycles. The molecule has 2 aromatic carbocycles. The number of alkyl halides is 3. The summed E-state index contributed by atoms with van der Waals surface area (Å²) in [5, 5.41) is 12.4. The fourth-order valence-electron chi connectivity index (χ4n) is 2.13. The summed E-state index contributed by atoms with van der Waals surface area (Å²) >= 11 is 0. The lowest BCUT2D eigenvalue weighted by molar-refractivity contribution is -0.138. The van der Waals surface area contributed by atoms with Crippen molar-refractivity contribution >= 4 is 5.69 Å². The Kier molecular flexibility index (Phi) is 4.53. The predicted molar refractivity (Wildman–Crippen MR) is 76.1 cm³/mol. The van der Waals surface area contributed by atoms with E-state index in [-0.39, 0.29) is 5.56 Å². The van der Waals surface area contributed by atoms with Crippen LogP contribution in [0.5, 0.6) is 0 Å². The van der Waals surface area contributed by atoms with Gasteiger partial charge in [-0.15, -0.1) is 0 Å². The minimum Gasteiger partial charge on any atom is -0.394 e. The molecule has 0 aliphatic heterocycles. The number of halogens is 3. The standard InChI is InChI=1S/C16H16F3NO/c1-11-6-8-12(9-7-11)20-15(10-21)13-4-2-3-5-14(13)16(17,18)19/h2-9,15,20-21H,10H2,1H3. The minimum absolute atomic E-state index is 0.0353. The lowest BCUT2D eigenvalue weighted by Gasteiger charge is -2.22. The van der Waals surface area contributed by atoms with Gasteiger partial charge in [0.05, 0.1) is 18.2 Å². The fraction of sp³-hybridized carbons (Fsp3) is 0.250. The van der Waals surface area contributed by atoms with Gasteiger partial charge in [0, 0.05) is 5.69 Å². The maximum atomic E-state index is 13.0. The molecular formula is C16H16F3NO. The van der Waals surface area contributed by atoms with Gasteiger partial charge in [-0.05, 0) is 30.7 Å². The highest BCUT2D eigenvalue weighted by atomic mass is 19.4. The first kappa shape index (κ1) is 15.4. The van der Waals surface area contributed by atoms with E-state index in [1.54, 1.807) is 12.1 Å². The average Bonchev–Trinajstić information content (AvgIpc) is 2.46. The molecule has 0 bridgehead atoms. The Balaban J connectivity index is 2.32. The van der Waals surface area contributed by atoms with Crippen molar-refractivity contribution in [3.8, 4) is 0 Å². The van der Waals surface area contributed by atoms with Gasteiger partial charge in [0.15, 0.2) is 0 Å². The van der Waals surface area contributed by atoms with Gasteiger partial charge < -0.3 is 10.4 Å². The van der Waals surface area contributed by atoms with Gasteiger partial charge in [-0.1, -0.05) is 35.9 Å². The van der Waals surface area contributed by atoms with Crippen molar-refractivity contribution in [2.45, 2.75) is 19.1 Å². The van der Waals surface area contributed by atoms with Crippen LogP contribution in [0, 0.1) is 6.92 Å². The third-order valence-corrected chi connectivity index (χ3v) is 3.22. The van der Waals surface area contributed by atoms with E-state index in [0.29, 0.717) is 5.69 Å². The quantitative estimate of drug-likeness (QED) is 0.887. The largest absolute Gasteiger partial charge is 0.416 e. The molecule has 5 heteroatoms. The summed E-state index contributed by atoms with van der Waals surface area (Å²) in [6.45, 7) is 1.49. The lowest BCUT2D eigenvalue weighted by Crippen LogP contribution is -2.20. The van der Waals surface area contributed by atoms with Crippen molar-refractivity contribution in [3.05, 3.63) is 65.2 Å². The molecule has 2 aromatic rings. The zero-order chi connectivity index (χ0) is 15.5. The third kappa shape index (κ3) is 3.76. The molecule has 0 saturated heterocycles. The van der Waals surface area contributed by atoms with E-state index in [9.17, 15) is 18.3 Å². The number of benzene rings is 2. The van der Waals surface area contributed by atoms with Crippen LogP contribution in [0.15, 0.2) is 48.5 Å². The van der Waals surface area contributed by atoms with Crippen LogP contribution >= 0.6 is 0 Å². The maximum absolute atomic E-state index is 13.0. The van der Waals surface area contributed by atoms with E-state index in [2.05, 4.69) is 5.32 Å². The number of nitrogens with one attached hydrogen (secondary N) is 1. The minimum atomic E-state index is -4.45. The third-order valence-electron chi connectivity index (χ3n) is 3.22. The second kappa shape index (κ2) is 6.18. The smallest absolute Gasteiger partial charge is 0.394 e. The monoisotopic (exact) mass is 295 g/mol. The van der Waals surface area contributed by atoms with Crippen LogP contribution in [-0.2, 0) is 6.18 Å². The van der Waals surface area contributed by atoms with E-state index in [1.807, 2.05) is 19.1 Å². The van der Waals surface area contributed by atoms with Crippen LogP contribution in [0.4, 0.5) is 18.9 Å². The molecule has 21 heavy (non-hydrogen) atoms. The summed E-state index contributed by atoms with van der Waals surface area (Å²) in [6.07, 6.45) is -4.45. The first-order valence-corrected chi connectivity index (χ1v) is 6.52. The summed E-state index contributed by atoms with van der Waals surface area (Å²) in [7, 11) is 0. The van der Waals surface area contributed by atoms with Gasteiger partial charge in [-0.25, -0.2) is 0 Å². The SMILES string of the molecule is Cc1ccc(NC(CO)c2ccccc2C(F)(F)F)cc1. The van der Waals surface area contributed by atoms with E-state index in [1.165, 1.54) is 18.2 Å². The van der Waals surface area contributed by atoms with E-state index in [0.717, 1.165) is 11.6 Å². The molecule has 1 unspecified atom stereocenters. The molecule has 2 nitrogen and oxygen atoms in total. The summed E-state index contributed by atoms with van der Waals surface area (Å²) in [4.78, 5) is 0. The molecule has 0 spiro atoms. The molecule has 2 N–H and O–H groups in total. The van der Waals surface area contributed by atoms with Gasteiger partial charge in [-0.2, -0.15) is 13.2 Å². The fourth-order valence-corrected chi connectivity index (χ4v) is 2.13. The van der Waals surface area contributed by atoms with Gasteiger partial charge in [-0.3, -0.25) is 0 Å². The number of anilines is 1. The Morgan fingerprint density at radius 3 is 2.24 bits per heavy atom. The number of hydrogen-bond acceptors (Lipinski definition) is 2. The molecule has 1 atom stereocenters. The van der Waals surface area contributed by atoms with Crippen molar-refractivity contribution in [1.29, 1.82) is 0 Å². The Morgan fingerprint density at radius 1 is 1.05 bits per heavy atom. The van der Waals surface area contributed by atoms with Crippen molar-refractivity contribution in [2.75, 3.05) is 11.9 Å². The van der Waals surface area contributed by atoms with Gasteiger partial charge in [0.2, 0.25) is 0 Å². The summed E-state index contributed by atoms with van der Waals surface area (Å²) in [6, 6.07) is 11.7. The average molecular weight is 295 g/mol. The molecule has 0 heterocycles. The first-order chi connectivity index (χ1) is 9.91. The molecule has 0 aromatic heterocycles. The highest BCUT2D eigenvalue weighted by molar-refractivity contribution is 5.48. The normalized spacial score (nSPS) is 13.0. The summed E-state index contributed by atoms with van der Waals surface area (Å²) in [5.41, 5.74) is 1.02. The molecule has 0 aliphatic rings. The topological polar surface area (TPSA) is 32.3 Å². The lowest BCUT2D eigenvalue weighted by atomic mass is 10.00. The second-order valence-corrected chi connectivity index (χ2v) is 4.83. The number of rotatable bonds is 4. The number of aliphatic hydroxyl groups is 1. The molecular weight excluding hydrogens is 279 g/mol. The van der Waals surface area contributed by atoms with Crippen LogP contribution in [-0.4, -0.2) is 11.7 Å². The number of aliphatic hydroxyl groups excluding tert-OH is 1. The Morgan fingerprint density at radius 2 is 1.67 bits per heavy atom. The van der Waals surface area contributed by atoms with E-state index >= 15 is 0 Å². The molecule has 2 rings (SSSR count). The molecule has 112 valence electrons. The van der Waals surface area contributed by atoms with Gasteiger partial charge in [0.1, 0.15) is 0 Å². The zero-order valence-corrected chi connectivity index (χ0v) is 11.5. The van der Waals surface area contributed by atoms with Crippen molar-refractivity contribution in [1.82, 2.24) is 0 Å². The number of aryl methyl sites for hydroxylation is 1. The van der Waals surface area contributed by atoms with Crippen LogP contribution < -0.4 is 5.32 Å². The van der Waals surface area contributed by atoms with Gasteiger partial charge in [0.25, 0.3) is 0 Å². The van der Waals surface area contributed by atoms with Crippen LogP contribution in [0.25, 0.3) is 0 Å². The van der Waals surface area contributed by atoms with E-state index in [4.69, 9.17) is 0 Å². The van der Waals surface area contributed by atoms with Crippen molar-refractivity contribution in [3.63, 3.8) is 0 Å². The zero-order valence-electron chi connectivity index (χ0n) is 11.5. The number of hydrogen-bond donors (Lipinski definition) is 2. The maximum Gasteiger partial charge on any atom is 0.416 e. The molecule has 0 saturated carbocycles. The molecule has 0 fully saturated rings. The van der Waals surface area contributed by atoms with Crippen LogP contribution in [0.2, 0.25) is 0 Å². The molecule has 0 radical (unpaired) electrons. The van der Waals surface area contributed by atoms with Gasteiger partial charge >= 0.3 is 6.18 Å². The predicted octanol–water partition coefficient (Wildman–Crippen LogP) is 4.16. The Hall–Kier alpha value is -2.01. The summed E-state index contributed by atoms with van der Waals surface area (Å²) in [5.74, 6) is 0. The summed E-state index contributed by atoms with van der Waals surface area (Å²) < 4.78 is 39.1. The highest BCUT2D eigenvalue weighted by Gasteiger charge is 2.34. The molecule has 0 amide bonds. The van der Waals surface area contributed by atoms with Crippen molar-refractivity contribution < 1.29 is 18.3 Å². The Labute approximate surface area is 121 Å². The van der Waals surface area contributed by atoms with Crippen LogP contribution in [0.3, 0.4) is 0 Å². The second-order valence-electron chi connectivity index (χ2n) is 4.83. The van der Waals surface area contributed by atoms with E-state index < -0.39 is 24.4 Å².